The molecule has 1 heterocycles. The van der Waals surface area contributed by atoms with Crippen LogP contribution in [0.25, 0.3) is 0 Å². The van der Waals surface area contributed by atoms with Crippen molar-refractivity contribution in [1.29, 1.82) is 0 Å². The summed E-state index contributed by atoms with van der Waals surface area (Å²) in [6.07, 6.45) is 0.672. The van der Waals surface area contributed by atoms with Crippen LogP contribution in [0.4, 0.5) is 5.95 Å². The molecule has 0 radical (unpaired) electrons. The van der Waals surface area contributed by atoms with Gasteiger partial charge in [-0.2, -0.15) is 4.98 Å². The SMILES string of the molecule is OC(CNc1nccc(Oc2ccccc2)n1)c1c(Cl)cccc1Cl. The van der Waals surface area contributed by atoms with E-state index < -0.39 is 6.10 Å². The van der Waals surface area contributed by atoms with Gasteiger partial charge in [0, 0.05) is 34.4 Å². The number of nitrogens with one attached hydrogen (secondary N) is 1. The van der Waals surface area contributed by atoms with Crippen LogP contribution in [-0.4, -0.2) is 21.6 Å². The minimum absolute atomic E-state index is 0.151. The monoisotopic (exact) mass is 375 g/mol. The largest absolute Gasteiger partial charge is 0.439 e. The summed E-state index contributed by atoms with van der Waals surface area (Å²) in [5.74, 6) is 1.40. The Balaban J connectivity index is 1.66. The van der Waals surface area contributed by atoms with Gasteiger partial charge in [0.05, 0.1) is 6.10 Å². The maximum atomic E-state index is 10.3. The maximum absolute atomic E-state index is 10.3. The summed E-state index contributed by atoms with van der Waals surface area (Å²) in [7, 11) is 0. The Morgan fingerprint density at radius 3 is 2.44 bits per heavy atom. The standard InChI is InChI=1S/C18H15Cl2N3O2/c19-13-7-4-8-14(20)17(13)15(24)11-22-18-21-10-9-16(23-18)25-12-5-2-1-3-6-12/h1-10,15,24H,11H2,(H,21,22,23). The van der Waals surface area contributed by atoms with E-state index in [4.69, 9.17) is 27.9 Å². The first-order valence-electron chi connectivity index (χ1n) is 7.55. The molecule has 0 fully saturated rings. The quantitative estimate of drug-likeness (QED) is 0.652. The lowest BCUT2D eigenvalue weighted by atomic mass is 10.1. The molecule has 1 aromatic heterocycles. The molecule has 1 unspecified atom stereocenters. The summed E-state index contributed by atoms with van der Waals surface area (Å²) in [6, 6.07) is 16.0. The maximum Gasteiger partial charge on any atom is 0.226 e. The minimum Gasteiger partial charge on any atom is -0.439 e. The first-order valence-corrected chi connectivity index (χ1v) is 8.31. The van der Waals surface area contributed by atoms with Gasteiger partial charge in [-0.05, 0) is 24.3 Å². The Kier molecular flexibility index (Phi) is 5.71. The van der Waals surface area contributed by atoms with Crippen LogP contribution in [0.1, 0.15) is 11.7 Å². The molecular weight excluding hydrogens is 361 g/mol. The molecule has 7 heteroatoms. The Bertz CT molecular complexity index is 826. The number of para-hydroxylation sites is 1. The molecule has 0 saturated heterocycles. The predicted molar refractivity (Wildman–Crippen MR) is 98.5 cm³/mol. The predicted octanol–water partition coefficient (Wildman–Crippen LogP) is 4.72. The van der Waals surface area contributed by atoms with Crippen molar-refractivity contribution in [2.75, 3.05) is 11.9 Å². The van der Waals surface area contributed by atoms with E-state index in [1.54, 1.807) is 30.5 Å². The van der Waals surface area contributed by atoms with Gasteiger partial charge in [0.15, 0.2) is 0 Å². The van der Waals surface area contributed by atoms with Crippen LogP contribution in [0.5, 0.6) is 11.6 Å². The molecular formula is C18H15Cl2N3O2. The Morgan fingerprint density at radius 2 is 1.72 bits per heavy atom. The van der Waals surface area contributed by atoms with Crippen molar-refractivity contribution in [1.82, 2.24) is 9.97 Å². The first-order chi connectivity index (χ1) is 12.1. The smallest absolute Gasteiger partial charge is 0.226 e. The van der Waals surface area contributed by atoms with Gasteiger partial charge in [0.2, 0.25) is 11.8 Å². The number of halogens is 2. The van der Waals surface area contributed by atoms with Gasteiger partial charge in [0.25, 0.3) is 0 Å². The van der Waals surface area contributed by atoms with Crippen molar-refractivity contribution in [3.8, 4) is 11.6 Å². The Morgan fingerprint density at radius 1 is 1.00 bits per heavy atom. The van der Waals surface area contributed by atoms with Crippen molar-refractivity contribution in [3.05, 3.63) is 76.4 Å². The molecule has 128 valence electrons. The highest BCUT2D eigenvalue weighted by Gasteiger charge is 2.15. The molecule has 0 aliphatic carbocycles. The van der Waals surface area contributed by atoms with Gasteiger partial charge in [-0.25, -0.2) is 4.98 Å². The third-order valence-corrected chi connectivity index (χ3v) is 4.04. The molecule has 0 spiro atoms. The second-order valence-electron chi connectivity index (χ2n) is 5.17. The number of hydrogen-bond donors (Lipinski definition) is 2. The summed E-state index contributed by atoms with van der Waals surface area (Å²) >= 11 is 12.2. The van der Waals surface area contributed by atoms with Gasteiger partial charge in [0.1, 0.15) is 5.75 Å². The van der Waals surface area contributed by atoms with Crippen LogP contribution in [0.15, 0.2) is 60.8 Å². The lowest BCUT2D eigenvalue weighted by Gasteiger charge is -2.15. The second-order valence-corrected chi connectivity index (χ2v) is 5.98. The van der Waals surface area contributed by atoms with Gasteiger partial charge < -0.3 is 15.2 Å². The van der Waals surface area contributed by atoms with Crippen LogP contribution >= 0.6 is 23.2 Å². The van der Waals surface area contributed by atoms with E-state index >= 15 is 0 Å². The topological polar surface area (TPSA) is 67.3 Å². The van der Waals surface area contributed by atoms with E-state index in [9.17, 15) is 5.11 Å². The van der Waals surface area contributed by atoms with Gasteiger partial charge >= 0.3 is 0 Å². The van der Waals surface area contributed by atoms with E-state index in [1.165, 1.54) is 0 Å². The van der Waals surface area contributed by atoms with Crippen molar-refractivity contribution < 1.29 is 9.84 Å². The van der Waals surface area contributed by atoms with Crippen LogP contribution in [0.3, 0.4) is 0 Å². The number of aliphatic hydroxyl groups is 1. The molecule has 2 aromatic carbocycles. The van der Waals surface area contributed by atoms with Gasteiger partial charge in [-0.3, -0.25) is 0 Å². The fraction of sp³-hybridized carbons (Fsp3) is 0.111. The average Bonchev–Trinajstić information content (AvgIpc) is 2.61. The van der Waals surface area contributed by atoms with Crippen molar-refractivity contribution >= 4 is 29.2 Å². The molecule has 3 aromatic rings. The molecule has 0 aliphatic rings. The Hall–Kier alpha value is -2.34. The fourth-order valence-corrected chi connectivity index (χ4v) is 2.86. The summed E-state index contributed by atoms with van der Waals surface area (Å²) in [4.78, 5) is 8.37. The lowest BCUT2D eigenvalue weighted by Crippen LogP contribution is -2.14. The lowest BCUT2D eigenvalue weighted by molar-refractivity contribution is 0.191. The first kappa shape index (κ1) is 17.5. The van der Waals surface area contributed by atoms with Crippen LogP contribution in [0.2, 0.25) is 10.0 Å². The number of nitrogens with zero attached hydrogens (tertiary/aromatic N) is 2. The number of aromatic nitrogens is 2. The Labute approximate surface area is 155 Å². The number of anilines is 1. The highest BCUT2D eigenvalue weighted by molar-refractivity contribution is 6.36. The van der Waals surface area contributed by atoms with Crippen molar-refractivity contribution in [2.24, 2.45) is 0 Å². The second kappa shape index (κ2) is 8.16. The fourth-order valence-electron chi connectivity index (χ4n) is 2.21. The number of ether oxygens (including phenoxy) is 1. The summed E-state index contributed by atoms with van der Waals surface area (Å²) in [5, 5.41) is 14.1. The number of benzene rings is 2. The van der Waals surface area contributed by atoms with Crippen molar-refractivity contribution in [2.45, 2.75) is 6.10 Å². The van der Waals surface area contributed by atoms with E-state index in [0.717, 1.165) is 0 Å². The van der Waals surface area contributed by atoms with E-state index in [1.807, 2.05) is 30.3 Å². The minimum atomic E-state index is -0.900. The molecule has 0 saturated carbocycles. The number of hydrogen-bond acceptors (Lipinski definition) is 5. The zero-order chi connectivity index (χ0) is 17.6. The molecule has 0 amide bonds. The molecule has 0 aliphatic heterocycles. The summed E-state index contributed by atoms with van der Waals surface area (Å²) in [6.45, 7) is 0.151. The molecule has 5 nitrogen and oxygen atoms in total. The van der Waals surface area contributed by atoms with Crippen LogP contribution in [0, 0.1) is 0 Å². The van der Waals surface area contributed by atoms with Gasteiger partial charge in [-0.15, -0.1) is 0 Å². The summed E-state index contributed by atoms with van der Waals surface area (Å²) in [5.41, 5.74) is 0.468. The van der Waals surface area contributed by atoms with Crippen LogP contribution < -0.4 is 10.1 Å². The molecule has 0 bridgehead atoms. The number of rotatable bonds is 6. The molecule has 3 rings (SSSR count). The molecule has 25 heavy (non-hydrogen) atoms. The van der Waals surface area contributed by atoms with Gasteiger partial charge in [-0.1, -0.05) is 47.5 Å². The van der Waals surface area contributed by atoms with E-state index in [2.05, 4.69) is 15.3 Å². The van der Waals surface area contributed by atoms with Crippen molar-refractivity contribution in [3.63, 3.8) is 0 Å². The zero-order valence-electron chi connectivity index (χ0n) is 13.1. The average molecular weight is 376 g/mol. The van der Waals surface area contributed by atoms with E-state index in [-0.39, 0.29) is 6.54 Å². The highest BCUT2D eigenvalue weighted by Crippen LogP contribution is 2.30. The van der Waals surface area contributed by atoms with Crippen LogP contribution in [-0.2, 0) is 0 Å². The summed E-state index contributed by atoms with van der Waals surface area (Å²) < 4.78 is 5.65. The van der Waals surface area contributed by atoms with E-state index in [0.29, 0.717) is 33.2 Å². The third-order valence-electron chi connectivity index (χ3n) is 3.38. The molecule has 1 atom stereocenters. The third kappa shape index (κ3) is 4.60. The highest BCUT2D eigenvalue weighted by atomic mass is 35.5. The normalized spacial score (nSPS) is 11.8. The molecule has 2 N–H and O–H groups in total. The zero-order valence-corrected chi connectivity index (χ0v) is 14.6. The number of aliphatic hydroxyl groups excluding tert-OH is 1.